The molecule has 0 unspecified atom stereocenters. The van der Waals surface area contributed by atoms with Gasteiger partial charge >= 0.3 is 0 Å². The standard InChI is InChI=1S/C5H13NO5S/c6-5(1-3-7,2-4-8)12(9,10)11/h7-8H,1-4,6H2,(H,9,10,11). The van der Waals surface area contributed by atoms with Crippen LogP contribution in [0.3, 0.4) is 0 Å². The van der Waals surface area contributed by atoms with Crippen LogP contribution in [0.5, 0.6) is 0 Å². The van der Waals surface area contributed by atoms with Crippen molar-refractivity contribution in [2.45, 2.75) is 17.7 Å². The molecule has 0 aliphatic heterocycles. The van der Waals surface area contributed by atoms with E-state index in [1.54, 1.807) is 0 Å². The van der Waals surface area contributed by atoms with Crippen LogP contribution in [0.25, 0.3) is 0 Å². The van der Waals surface area contributed by atoms with Crippen molar-refractivity contribution < 1.29 is 23.2 Å². The zero-order chi connectivity index (χ0) is 9.83. The summed E-state index contributed by atoms with van der Waals surface area (Å²) in [5.41, 5.74) is 5.24. The summed E-state index contributed by atoms with van der Waals surface area (Å²) in [6.45, 7) is -0.924. The van der Waals surface area contributed by atoms with Gasteiger partial charge in [0.15, 0.2) is 0 Å². The van der Waals surface area contributed by atoms with Gasteiger partial charge in [0.2, 0.25) is 0 Å². The van der Waals surface area contributed by atoms with Gasteiger partial charge in [-0.3, -0.25) is 4.55 Å². The van der Waals surface area contributed by atoms with E-state index in [-0.39, 0.29) is 12.8 Å². The first kappa shape index (κ1) is 11.8. The minimum absolute atomic E-state index is 0.299. The Balaban J connectivity index is 4.62. The number of aliphatic hydroxyl groups excluding tert-OH is 2. The fourth-order valence-electron chi connectivity index (χ4n) is 0.761. The molecule has 0 saturated heterocycles. The van der Waals surface area contributed by atoms with Crippen LogP contribution in [-0.2, 0) is 10.1 Å². The van der Waals surface area contributed by atoms with Crippen molar-refractivity contribution in [2.24, 2.45) is 5.73 Å². The maximum Gasteiger partial charge on any atom is 0.283 e. The van der Waals surface area contributed by atoms with Crippen molar-refractivity contribution in [1.29, 1.82) is 0 Å². The molecule has 5 N–H and O–H groups in total. The Kier molecular flexibility index (Phi) is 4.08. The van der Waals surface area contributed by atoms with Gasteiger partial charge in [0.1, 0.15) is 4.87 Å². The molecule has 0 aromatic heterocycles. The third-order valence-electron chi connectivity index (χ3n) is 1.58. The highest BCUT2D eigenvalue weighted by Gasteiger charge is 2.37. The Morgan fingerprint density at radius 3 is 1.67 bits per heavy atom. The van der Waals surface area contributed by atoms with Crippen LogP contribution in [0.15, 0.2) is 0 Å². The molecule has 0 saturated carbocycles. The highest BCUT2D eigenvalue weighted by molar-refractivity contribution is 7.87. The highest BCUT2D eigenvalue weighted by atomic mass is 32.2. The molecule has 0 aliphatic rings. The molecular formula is C5H13NO5S. The lowest BCUT2D eigenvalue weighted by molar-refractivity contribution is 0.221. The second-order valence-corrected chi connectivity index (χ2v) is 4.25. The van der Waals surface area contributed by atoms with Gasteiger partial charge in [0.05, 0.1) is 0 Å². The molecule has 0 atom stereocenters. The van der Waals surface area contributed by atoms with Gasteiger partial charge in [0.25, 0.3) is 10.1 Å². The molecule has 12 heavy (non-hydrogen) atoms. The Morgan fingerprint density at radius 1 is 1.17 bits per heavy atom. The minimum atomic E-state index is -4.43. The molecular weight excluding hydrogens is 186 g/mol. The van der Waals surface area contributed by atoms with E-state index >= 15 is 0 Å². The fourth-order valence-corrected chi connectivity index (χ4v) is 1.46. The van der Waals surface area contributed by atoms with Crippen LogP contribution in [0.4, 0.5) is 0 Å². The average molecular weight is 199 g/mol. The normalized spacial score (nSPS) is 13.3. The monoisotopic (exact) mass is 199 g/mol. The van der Waals surface area contributed by atoms with E-state index in [9.17, 15) is 8.42 Å². The lowest BCUT2D eigenvalue weighted by Gasteiger charge is -2.23. The van der Waals surface area contributed by atoms with Gasteiger partial charge in [0, 0.05) is 26.1 Å². The summed E-state index contributed by atoms with van der Waals surface area (Å²) in [6, 6.07) is 0. The molecule has 0 aromatic rings. The van der Waals surface area contributed by atoms with E-state index in [2.05, 4.69) is 0 Å². The molecule has 0 fully saturated rings. The lowest BCUT2D eigenvalue weighted by Crippen LogP contribution is -2.48. The quantitative estimate of drug-likeness (QED) is 0.391. The predicted octanol–water partition coefficient (Wildman–Crippen LogP) is -1.71. The van der Waals surface area contributed by atoms with Gasteiger partial charge < -0.3 is 15.9 Å². The molecule has 0 rings (SSSR count). The fraction of sp³-hybridized carbons (Fsp3) is 1.00. The zero-order valence-electron chi connectivity index (χ0n) is 6.47. The average Bonchev–Trinajstić information content (AvgIpc) is 1.86. The van der Waals surface area contributed by atoms with E-state index in [4.69, 9.17) is 20.5 Å². The van der Waals surface area contributed by atoms with Crippen LogP contribution in [-0.4, -0.2) is 41.3 Å². The molecule has 0 heterocycles. The van der Waals surface area contributed by atoms with Crippen molar-refractivity contribution in [1.82, 2.24) is 0 Å². The summed E-state index contributed by atoms with van der Waals surface area (Å²) in [5, 5.41) is 16.9. The first-order valence-electron chi connectivity index (χ1n) is 3.35. The number of aliphatic hydroxyl groups is 2. The van der Waals surface area contributed by atoms with Gasteiger partial charge in [-0.05, 0) is 0 Å². The van der Waals surface area contributed by atoms with E-state index in [1.807, 2.05) is 0 Å². The number of hydrogen-bond acceptors (Lipinski definition) is 5. The second kappa shape index (κ2) is 4.15. The molecule has 0 radical (unpaired) electrons. The van der Waals surface area contributed by atoms with Crippen molar-refractivity contribution in [3.63, 3.8) is 0 Å². The van der Waals surface area contributed by atoms with Crippen molar-refractivity contribution in [3.05, 3.63) is 0 Å². The predicted molar refractivity (Wildman–Crippen MR) is 41.9 cm³/mol. The van der Waals surface area contributed by atoms with Crippen LogP contribution < -0.4 is 5.73 Å². The van der Waals surface area contributed by atoms with Crippen LogP contribution in [0.1, 0.15) is 12.8 Å². The maximum atomic E-state index is 10.6. The smallest absolute Gasteiger partial charge is 0.283 e. The Hall–Kier alpha value is -0.210. The summed E-state index contributed by atoms with van der Waals surface area (Å²) < 4.78 is 29.9. The topological polar surface area (TPSA) is 121 Å². The molecule has 0 aromatic carbocycles. The third kappa shape index (κ3) is 2.68. The summed E-state index contributed by atoms with van der Waals surface area (Å²) in [6.07, 6.45) is -0.598. The molecule has 0 spiro atoms. The summed E-state index contributed by atoms with van der Waals surface area (Å²) in [7, 11) is -4.43. The van der Waals surface area contributed by atoms with E-state index < -0.39 is 28.2 Å². The lowest BCUT2D eigenvalue weighted by atomic mass is 10.1. The van der Waals surface area contributed by atoms with Crippen molar-refractivity contribution in [3.8, 4) is 0 Å². The maximum absolute atomic E-state index is 10.6. The van der Waals surface area contributed by atoms with E-state index in [1.165, 1.54) is 0 Å². The number of rotatable bonds is 5. The molecule has 74 valence electrons. The molecule has 0 bridgehead atoms. The summed E-state index contributed by atoms with van der Waals surface area (Å²) in [5.74, 6) is 0. The molecule has 0 amide bonds. The van der Waals surface area contributed by atoms with Crippen LogP contribution in [0, 0.1) is 0 Å². The zero-order valence-corrected chi connectivity index (χ0v) is 7.29. The van der Waals surface area contributed by atoms with Crippen molar-refractivity contribution in [2.75, 3.05) is 13.2 Å². The van der Waals surface area contributed by atoms with Gasteiger partial charge in [-0.25, -0.2) is 0 Å². The summed E-state index contributed by atoms with van der Waals surface area (Å²) >= 11 is 0. The largest absolute Gasteiger partial charge is 0.396 e. The van der Waals surface area contributed by atoms with E-state index in [0.29, 0.717) is 0 Å². The first-order valence-corrected chi connectivity index (χ1v) is 4.79. The molecule has 6 nitrogen and oxygen atoms in total. The van der Waals surface area contributed by atoms with Crippen molar-refractivity contribution >= 4 is 10.1 Å². The van der Waals surface area contributed by atoms with E-state index in [0.717, 1.165) is 0 Å². The highest BCUT2D eigenvalue weighted by Crippen LogP contribution is 2.17. The Labute approximate surface area is 70.8 Å². The van der Waals surface area contributed by atoms with Crippen LogP contribution >= 0.6 is 0 Å². The third-order valence-corrected chi connectivity index (χ3v) is 3.02. The number of nitrogens with two attached hydrogens (primary N) is 1. The Bertz CT molecular complexity index is 218. The summed E-state index contributed by atoms with van der Waals surface area (Å²) in [4.78, 5) is -1.93. The molecule has 7 heteroatoms. The SMILES string of the molecule is NC(CCO)(CCO)S(=O)(=O)O. The van der Waals surface area contributed by atoms with Crippen LogP contribution in [0.2, 0.25) is 0 Å². The minimum Gasteiger partial charge on any atom is -0.396 e. The van der Waals surface area contributed by atoms with Gasteiger partial charge in [-0.2, -0.15) is 8.42 Å². The first-order chi connectivity index (χ1) is 5.37. The molecule has 0 aliphatic carbocycles. The van der Waals surface area contributed by atoms with Gasteiger partial charge in [-0.1, -0.05) is 0 Å². The van der Waals surface area contributed by atoms with Gasteiger partial charge in [-0.15, -0.1) is 0 Å². The Morgan fingerprint density at radius 2 is 1.50 bits per heavy atom. The number of hydrogen-bond donors (Lipinski definition) is 4. The second-order valence-electron chi connectivity index (χ2n) is 2.49.